The molecule has 2 aliphatic rings. The molecule has 3 heteroatoms. The third kappa shape index (κ3) is 3.89. The molecule has 0 radical (unpaired) electrons. The van der Waals surface area contributed by atoms with Gasteiger partial charge in [-0.3, -0.25) is 4.90 Å². The van der Waals surface area contributed by atoms with Gasteiger partial charge in [-0.05, 0) is 44.2 Å². The minimum absolute atomic E-state index is 0.324. The Bertz CT molecular complexity index is 236. The molecule has 0 saturated heterocycles. The van der Waals surface area contributed by atoms with Gasteiger partial charge < -0.3 is 9.84 Å². The van der Waals surface area contributed by atoms with Crippen LogP contribution in [-0.2, 0) is 4.74 Å². The molecular weight excluding hydrogens is 202 g/mol. The van der Waals surface area contributed by atoms with Crippen molar-refractivity contribution in [3.8, 4) is 0 Å². The summed E-state index contributed by atoms with van der Waals surface area (Å²) in [6.45, 7) is 4.24. The summed E-state index contributed by atoms with van der Waals surface area (Å²) in [5, 5.41) is 8.80. The van der Waals surface area contributed by atoms with E-state index in [9.17, 15) is 0 Å². The zero-order valence-electron chi connectivity index (χ0n) is 10.0. The first-order chi connectivity index (χ1) is 7.90. The van der Waals surface area contributed by atoms with Crippen molar-refractivity contribution >= 4 is 0 Å². The molecule has 1 aliphatic heterocycles. The third-order valence-corrected chi connectivity index (χ3v) is 3.31. The van der Waals surface area contributed by atoms with Crippen LogP contribution in [0, 0.1) is 0 Å². The SMILES string of the molecule is OCCCCN(CC1=CCCOC1)C1CC1. The van der Waals surface area contributed by atoms with Crippen LogP contribution in [0.3, 0.4) is 0 Å². The Hall–Kier alpha value is -0.380. The fourth-order valence-electron chi connectivity index (χ4n) is 2.24. The average Bonchev–Trinajstić information content (AvgIpc) is 3.13. The molecule has 16 heavy (non-hydrogen) atoms. The van der Waals surface area contributed by atoms with Crippen LogP contribution in [0.4, 0.5) is 0 Å². The second-order valence-electron chi connectivity index (χ2n) is 4.84. The summed E-state index contributed by atoms with van der Waals surface area (Å²) in [4.78, 5) is 2.57. The van der Waals surface area contributed by atoms with E-state index >= 15 is 0 Å². The van der Waals surface area contributed by atoms with E-state index in [-0.39, 0.29) is 0 Å². The number of aliphatic hydroxyl groups is 1. The summed E-state index contributed by atoms with van der Waals surface area (Å²) < 4.78 is 5.47. The van der Waals surface area contributed by atoms with Crippen molar-refractivity contribution in [3.05, 3.63) is 11.6 Å². The van der Waals surface area contributed by atoms with Crippen LogP contribution in [0.25, 0.3) is 0 Å². The molecular formula is C13H23NO2. The van der Waals surface area contributed by atoms with Gasteiger partial charge in [-0.1, -0.05) is 6.08 Å². The lowest BCUT2D eigenvalue weighted by Crippen LogP contribution is -2.31. The lowest BCUT2D eigenvalue weighted by molar-refractivity contribution is 0.140. The van der Waals surface area contributed by atoms with Crippen molar-refractivity contribution in [1.29, 1.82) is 0 Å². The Balaban J connectivity index is 1.75. The smallest absolute Gasteiger partial charge is 0.0689 e. The summed E-state index contributed by atoms with van der Waals surface area (Å²) in [6, 6.07) is 0.807. The molecule has 0 spiro atoms. The maximum absolute atomic E-state index is 8.80. The van der Waals surface area contributed by atoms with Gasteiger partial charge in [0.15, 0.2) is 0 Å². The molecule has 1 fully saturated rings. The standard InChI is InChI=1S/C13H23NO2/c15-8-2-1-7-14(13-5-6-13)10-12-4-3-9-16-11-12/h4,13,15H,1-3,5-11H2. The van der Waals surface area contributed by atoms with Gasteiger partial charge in [0.1, 0.15) is 0 Å². The summed E-state index contributed by atoms with van der Waals surface area (Å²) in [5.41, 5.74) is 1.45. The Morgan fingerprint density at radius 2 is 2.25 bits per heavy atom. The van der Waals surface area contributed by atoms with Gasteiger partial charge in [-0.25, -0.2) is 0 Å². The molecule has 92 valence electrons. The minimum Gasteiger partial charge on any atom is -0.396 e. The van der Waals surface area contributed by atoms with Crippen molar-refractivity contribution < 1.29 is 9.84 Å². The van der Waals surface area contributed by atoms with E-state index in [1.165, 1.54) is 18.4 Å². The quantitative estimate of drug-likeness (QED) is 0.527. The first kappa shape index (κ1) is 12.1. The molecule has 0 aromatic carbocycles. The number of unbranched alkanes of at least 4 members (excludes halogenated alkanes) is 1. The first-order valence-corrected chi connectivity index (χ1v) is 6.50. The van der Waals surface area contributed by atoms with Crippen molar-refractivity contribution in [2.75, 3.05) is 32.9 Å². The second-order valence-corrected chi connectivity index (χ2v) is 4.84. The van der Waals surface area contributed by atoms with Crippen molar-refractivity contribution in [2.45, 2.75) is 38.1 Å². The Labute approximate surface area is 98.1 Å². The molecule has 0 amide bonds. The third-order valence-electron chi connectivity index (χ3n) is 3.31. The number of nitrogens with zero attached hydrogens (tertiary/aromatic N) is 1. The van der Waals surface area contributed by atoms with Crippen LogP contribution in [0.2, 0.25) is 0 Å². The van der Waals surface area contributed by atoms with E-state index < -0.39 is 0 Å². The summed E-state index contributed by atoms with van der Waals surface area (Å²) in [5.74, 6) is 0. The second kappa shape index (κ2) is 6.38. The largest absolute Gasteiger partial charge is 0.396 e. The highest BCUT2D eigenvalue weighted by Crippen LogP contribution is 2.28. The molecule has 3 nitrogen and oxygen atoms in total. The highest BCUT2D eigenvalue weighted by Gasteiger charge is 2.28. The maximum Gasteiger partial charge on any atom is 0.0689 e. The Kier molecular flexibility index (Phi) is 4.82. The molecule has 1 heterocycles. The lowest BCUT2D eigenvalue weighted by atomic mass is 10.1. The number of hydrogen-bond acceptors (Lipinski definition) is 3. The van der Waals surface area contributed by atoms with Crippen LogP contribution in [0.5, 0.6) is 0 Å². The number of aliphatic hydroxyl groups excluding tert-OH is 1. The molecule has 1 saturated carbocycles. The Morgan fingerprint density at radius 1 is 1.38 bits per heavy atom. The van der Waals surface area contributed by atoms with Crippen LogP contribution in [0.15, 0.2) is 11.6 Å². The molecule has 0 unspecified atom stereocenters. The molecule has 0 bridgehead atoms. The molecule has 0 aromatic rings. The van der Waals surface area contributed by atoms with Gasteiger partial charge >= 0.3 is 0 Å². The van der Waals surface area contributed by atoms with E-state index in [0.717, 1.165) is 51.6 Å². The van der Waals surface area contributed by atoms with E-state index in [1.807, 2.05) is 0 Å². The van der Waals surface area contributed by atoms with Crippen molar-refractivity contribution in [1.82, 2.24) is 4.90 Å². The number of hydrogen-bond donors (Lipinski definition) is 1. The fourth-order valence-corrected chi connectivity index (χ4v) is 2.24. The van der Waals surface area contributed by atoms with Gasteiger partial charge in [0.2, 0.25) is 0 Å². The highest BCUT2D eigenvalue weighted by atomic mass is 16.5. The van der Waals surface area contributed by atoms with E-state index in [1.54, 1.807) is 0 Å². The van der Waals surface area contributed by atoms with Crippen LogP contribution in [0.1, 0.15) is 32.1 Å². The zero-order chi connectivity index (χ0) is 11.2. The number of rotatable bonds is 7. The van der Waals surface area contributed by atoms with Crippen LogP contribution < -0.4 is 0 Å². The summed E-state index contributed by atoms with van der Waals surface area (Å²) in [6.07, 6.45) is 8.16. The molecule has 1 aliphatic carbocycles. The van der Waals surface area contributed by atoms with Crippen LogP contribution in [-0.4, -0.2) is 49.0 Å². The van der Waals surface area contributed by atoms with Gasteiger partial charge in [0.25, 0.3) is 0 Å². The maximum atomic E-state index is 8.80. The predicted octanol–water partition coefficient (Wildman–Crippen LogP) is 1.57. The van der Waals surface area contributed by atoms with Crippen LogP contribution >= 0.6 is 0 Å². The predicted molar refractivity (Wildman–Crippen MR) is 64.4 cm³/mol. The molecule has 1 N–H and O–H groups in total. The highest BCUT2D eigenvalue weighted by molar-refractivity contribution is 5.08. The van der Waals surface area contributed by atoms with Gasteiger partial charge in [-0.2, -0.15) is 0 Å². The zero-order valence-corrected chi connectivity index (χ0v) is 10.0. The van der Waals surface area contributed by atoms with Gasteiger partial charge in [-0.15, -0.1) is 0 Å². The van der Waals surface area contributed by atoms with E-state index in [4.69, 9.17) is 9.84 Å². The monoisotopic (exact) mass is 225 g/mol. The average molecular weight is 225 g/mol. The lowest BCUT2D eigenvalue weighted by Gasteiger charge is -2.25. The Morgan fingerprint density at radius 3 is 2.88 bits per heavy atom. The number of ether oxygens (including phenoxy) is 1. The van der Waals surface area contributed by atoms with Crippen molar-refractivity contribution in [2.24, 2.45) is 0 Å². The normalized spacial score (nSPS) is 21.2. The minimum atomic E-state index is 0.324. The van der Waals surface area contributed by atoms with E-state index in [2.05, 4.69) is 11.0 Å². The van der Waals surface area contributed by atoms with Gasteiger partial charge in [0.05, 0.1) is 13.2 Å². The topological polar surface area (TPSA) is 32.7 Å². The first-order valence-electron chi connectivity index (χ1n) is 6.50. The van der Waals surface area contributed by atoms with Crippen molar-refractivity contribution in [3.63, 3.8) is 0 Å². The van der Waals surface area contributed by atoms with Gasteiger partial charge in [0, 0.05) is 19.2 Å². The molecule has 0 atom stereocenters. The molecule has 2 rings (SSSR count). The summed E-state index contributed by atoms with van der Waals surface area (Å²) >= 11 is 0. The fraction of sp³-hybridized carbons (Fsp3) is 0.846. The van der Waals surface area contributed by atoms with E-state index in [0.29, 0.717) is 6.61 Å². The molecule has 0 aromatic heterocycles. The summed E-state index contributed by atoms with van der Waals surface area (Å²) in [7, 11) is 0.